The van der Waals surface area contributed by atoms with Gasteiger partial charge in [-0.3, -0.25) is 16.3 Å². The average Bonchev–Trinajstić information content (AvgIpc) is 2.89. The predicted octanol–water partition coefficient (Wildman–Crippen LogP) is 1.87. The number of hydrogen-bond donors (Lipinski definition) is 2. The normalized spacial score (nSPS) is 16.3. The molecule has 0 aliphatic heterocycles. The van der Waals surface area contributed by atoms with Gasteiger partial charge in [0, 0.05) is 18.4 Å². The van der Waals surface area contributed by atoms with Crippen LogP contribution in [0.25, 0.3) is 0 Å². The van der Waals surface area contributed by atoms with Crippen LogP contribution in [-0.2, 0) is 19.3 Å². The average molecular weight is 253 g/mol. The fraction of sp³-hybridized carbons (Fsp3) is 0.312. The van der Waals surface area contributed by atoms with Gasteiger partial charge in [-0.1, -0.05) is 30.3 Å². The van der Waals surface area contributed by atoms with E-state index in [1.54, 1.807) is 6.20 Å². The molecule has 3 nitrogen and oxygen atoms in total. The van der Waals surface area contributed by atoms with Crippen LogP contribution in [0.2, 0.25) is 0 Å². The first kappa shape index (κ1) is 12.3. The molecule has 2 aromatic rings. The van der Waals surface area contributed by atoms with Gasteiger partial charge in [-0.2, -0.15) is 0 Å². The maximum absolute atomic E-state index is 5.76. The third kappa shape index (κ3) is 2.67. The molecule has 3 rings (SSSR count). The highest BCUT2D eigenvalue weighted by molar-refractivity contribution is 5.32. The van der Waals surface area contributed by atoms with Crippen molar-refractivity contribution in [2.45, 2.75) is 25.3 Å². The Labute approximate surface area is 113 Å². The van der Waals surface area contributed by atoms with Crippen LogP contribution in [0, 0.1) is 5.92 Å². The third-order valence-corrected chi connectivity index (χ3v) is 4.04. The van der Waals surface area contributed by atoms with Gasteiger partial charge in [0.25, 0.3) is 0 Å². The highest BCUT2D eigenvalue weighted by Crippen LogP contribution is 2.29. The standard InChI is InChI=1S/C16H19N3/c17-19-16(8-12-4-3-7-18-11-12)15-9-13-5-1-2-6-14(13)10-15/h1-7,11,15-16,19H,8-10,17H2. The van der Waals surface area contributed by atoms with E-state index in [0.717, 1.165) is 19.3 Å². The number of fused-ring (bicyclic) bond motifs is 1. The van der Waals surface area contributed by atoms with Crippen molar-refractivity contribution >= 4 is 0 Å². The van der Waals surface area contributed by atoms with Crippen molar-refractivity contribution in [3.05, 3.63) is 65.5 Å². The molecule has 0 saturated carbocycles. The van der Waals surface area contributed by atoms with Gasteiger partial charge in [-0.15, -0.1) is 0 Å². The van der Waals surface area contributed by atoms with E-state index in [2.05, 4.69) is 40.7 Å². The van der Waals surface area contributed by atoms with Crippen LogP contribution < -0.4 is 11.3 Å². The lowest BCUT2D eigenvalue weighted by Gasteiger charge is -2.22. The van der Waals surface area contributed by atoms with Crippen molar-refractivity contribution in [3.8, 4) is 0 Å². The van der Waals surface area contributed by atoms with Gasteiger partial charge in [0.1, 0.15) is 0 Å². The Morgan fingerprint density at radius 1 is 1.16 bits per heavy atom. The molecule has 3 N–H and O–H groups in total. The van der Waals surface area contributed by atoms with Gasteiger partial charge in [0.2, 0.25) is 0 Å². The first-order valence-electron chi connectivity index (χ1n) is 6.78. The fourth-order valence-electron chi connectivity index (χ4n) is 3.01. The minimum Gasteiger partial charge on any atom is -0.271 e. The smallest absolute Gasteiger partial charge is 0.0300 e. The van der Waals surface area contributed by atoms with E-state index in [9.17, 15) is 0 Å². The van der Waals surface area contributed by atoms with Crippen LogP contribution >= 0.6 is 0 Å². The summed E-state index contributed by atoms with van der Waals surface area (Å²) in [5.74, 6) is 6.34. The molecule has 0 saturated heterocycles. The molecular formula is C16H19N3. The summed E-state index contributed by atoms with van der Waals surface area (Å²) in [4.78, 5) is 4.17. The Balaban J connectivity index is 1.71. The molecule has 0 spiro atoms. The first-order valence-corrected chi connectivity index (χ1v) is 6.78. The van der Waals surface area contributed by atoms with Gasteiger partial charge >= 0.3 is 0 Å². The molecule has 0 fully saturated rings. The van der Waals surface area contributed by atoms with Crippen molar-refractivity contribution in [1.82, 2.24) is 10.4 Å². The molecule has 1 atom stereocenters. The van der Waals surface area contributed by atoms with Gasteiger partial charge in [-0.05, 0) is 47.9 Å². The molecular weight excluding hydrogens is 234 g/mol. The lowest BCUT2D eigenvalue weighted by Crippen LogP contribution is -2.42. The Hall–Kier alpha value is -1.71. The summed E-state index contributed by atoms with van der Waals surface area (Å²) < 4.78 is 0. The highest BCUT2D eigenvalue weighted by atomic mass is 15.2. The minimum absolute atomic E-state index is 0.302. The molecule has 1 aliphatic rings. The zero-order valence-corrected chi connectivity index (χ0v) is 10.9. The largest absolute Gasteiger partial charge is 0.271 e. The highest BCUT2D eigenvalue weighted by Gasteiger charge is 2.27. The molecule has 1 aliphatic carbocycles. The summed E-state index contributed by atoms with van der Waals surface area (Å²) in [5, 5.41) is 0. The molecule has 1 aromatic carbocycles. The van der Waals surface area contributed by atoms with Crippen LogP contribution in [0.4, 0.5) is 0 Å². The number of hydrogen-bond acceptors (Lipinski definition) is 3. The second-order valence-corrected chi connectivity index (χ2v) is 5.28. The summed E-state index contributed by atoms with van der Waals surface area (Å²) >= 11 is 0. The van der Waals surface area contributed by atoms with Gasteiger partial charge < -0.3 is 0 Å². The second kappa shape index (κ2) is 5.51. The fourth-order valence-corrected chi connectivity index (χ4v) is 3.01. The van der Waals surface area contributed by atoms with Gasteiger partial charge in [-0.25, -0.2) is 0 Å². The van der Waals surface area contributed by atoms with Crippen molar-refractivity contribution in [2.75, 3.05) is 0 Å². The number of pyridine rings is 1. The molecule has 98 valence electrons. The van der Waals surface area contributed by atoms with Crippen LogP contribution in [0.5, 0.6) is 0 Å². The van der Waals surface area contributed by atoms with E-state index in [1.165, 1.54) is 16.7 Å². The van der Waals surface area contributed by atoms with Crippen molar-refractivity contribution < 1.29 is 0 Å². The maximum Gasteiger partial charge on any atom is 0.0300 e. The summed E-state index contributed by atoms with van der Waals surface area (Å²) in [7, 11) is 0. The van der Waals surface area contributed by atoms with Crippen molar-refractivity contribution in [3.63, 3.8) is 0 Å². The molecule has 1 heterocycles. The SMILES string of the molecule is NNC(Cc1cccnc1)C1Cc2ccccc2C1. The summed E-state index contributed by atoms with van der Waals surface area (Å²) in [6, 6.07) is 13.1. The second-order valence-electron chi connectivity index (χ2n) is 5.28. The zero-order valence-electron chi connectivity index (χ0n) is 10.9. The Morgan fingerprint density at radius 3 is 2.47 bits per heavy atom. The lowest BCUT2D eigenvalue weighted by atomic mass is 9.92. The summed E-state index contributed by atoms with van der Waals surface area (Å²) in [5.41, 5.74) is 7.18. The number of hydrazine groups is 1. The number of nitrogens with two attached hydrogens (primary N) is 1. The third-order valence-electron chi connectivity index (χ3n) is 4.04. The molecule has 0 bridgehead atoms. The Bertz CT molecular complexity index is 514. The summed E-state index contributed by atoms with van der Waals surface area (Å²) in [6.45, 7) is 0. The number of nitrogens with one attached hydrogen (secondary N) is 1. The number of aromatic nitrogens is 1. The topological polar surface area (TPSA) is 50.9 Å². The number of nitrogens with zero attached hydrogens (tertiary/aromatic N) is 1. The monoisotopic (exact) mass is 253 g/mol. The molecule has 3 heteroatoms. The van der Waals surface area contributed by atoms with E-state index >= 15 is 0 Å². The minimum atomic E-state index is 0.302. The van der Waals surface area contributed by atoms with Crippen LogP contribution in [0.15, 0.2) is 48.8 Å². The van der Waals surface area contributed by atoms with E-state index in [4.69, 9.17) is 5.84 Å². The van der Waals surface area contributed by atoms with E-state index in [1.807, 2.05) is 12.3 Å². The maximum atomic E-state index is 5.76. The van der Waals surface area contributed by atoms with E-state index in [0.29, 0.717) is 12.0 Å². The van der Waals surface area contributed by atoms with Crippen molar-refractivity contribution in [1.29, 1.82) is 0 Å². The predicted molar refractivity (Wildman–Crippen MR) is 76.4 cm³/mol. The Kier molecular flexibility index (Phi) is 3.58. The van der Waals surface area contributed by atoms with E-state index in [-0.39, 0.29) is 0 Å². The Morgan fingerprint density at radius 2 is 1.89 bits per heavy atom. The molecule has 0 radical (unpaired) electrons. The van der Waals surface area contributed by atoms with Crippen LogP contribution in [-0.4, -0.2) is 11.0 Å². The zero-order chi connectivity index (χ0) is 13.1. The quantitative estimate of drug-likeness (QED) is 0.646. The van der Waals surface area contributed by atoms with Crippen molar-refractivity contribution in [2.24, 2.45) is 11.8 Å². The summed E-state index contributed by atoms with van der Waals surface area (Å²) in [6.07, 6.45) is 6.89. The number of rotatable bonds is 4. The van der Waals surface area contributed by atoms with Gasteiger partial charge in [0.05, 0.1) is 0 Å². The number of benzene rings is 1. The molecule has 19 heavy (non-hydrogen) atoms. The molecule has 0 amide bonds. The molecule has 1 aromatic heterocycles. The molecule has 1 unspecified atom stereocenters. The van der Waals surface area contributed by atoms with E-state index < -0.39 is 0 Å². The first-order chi connectivity index (χ1) is 9.36. The van der Waals surface area contributed by atoms with Gasteiger partial charge in [0.15, 0.2) is 0 Å². The lowest BCUT2D eigenvalue weighted by molar-refractivity contribution is 0.366. The van der Waals surface area contributed by atoms with Crippen LogP contribution in [0.3, 0.4) is 0 Å². The van der Waals surface area contributed by atoms with Crippen LogP contribution in [0.1, 0.15) is 16.7 Å².